The van der Waals surface area contributed by atoms with Gasteiger partial charge in [0, 0.05) is 6.07 Å². The number of aromatic hydroxyl groups is 1. The van der Waals surface area contributed by atoms with E-state index in [0.717, 1.165) is 18.2 Å². The maximum atomic E-state index is 13.6. The van der Waals surface area contributed by atoms with Crippen molar-refractivity contribution >= 4 is 11.6 Å². The molecule has 23 heavy (non-hydrogen) atoms. The van der Waals surface area contributed by atoms with Crippen LogP contribution in [0.1, 0.15) is 12.5 Å². The summed E-state index contributed by atoms with van der Waals surface area (Å²) < 4.78 is 26.6. The van der Waals surface area contributed by atoms with E-state index in [-0.39, 0.29) is 17.9 Å². The molecule has 0 bridgehead atoms. The molecule has 3 N–H and O–H groups in total. The zero-order chi connectivity index (χ0) is 17.0. The number of halogens is 2. The van der Waals surface area contributed by atoms with Crippen molar-refractivity contribution in [3.8, 4) is 5.75 Å². The van der Waals surface area contributed by atoms with Gasteiger partial charge in [0.05, 0.1) is 17.7 Å². The number of anilines is 1. The fourth-order valence-electron chi connectivity index (χ4n) is 2.19. The lowest BCUT2D eigenvalue weighted by Gasteiger charge is -2.20. The first kappa shape index (κ1) is 16.9. The van der Waals surface area contributed by atoms with Gasteiger partial charge in [-0.25, -0.2) is 8.78 Å². The average Bonchev–Trinajstić information content (AvgIpc) is 2.50. The molecule has 0 saturated heterocycles. The van der Waals surface area contributed by atoms with Gasteiger partial charge in [-0.15, -0.1) is 0 Å². The third-order valence-corrected chi connectivity index (χ3v) is 3.50. The van der Waals surface area contributed by atoms with Crippen molar-refractivity contribution in [2.45, 2.75) is 19.4 Å². The SMILES string of the molecule is CC(O)C(Cc1ccc(F)cc1)C(=O)Nc1cc(O)ccc1F. The Morgan fingerprint density at radius 1 is 1.17 bits per heavy atom. The van der Waals surface area contributed by atoms with Gasteiger partial charge in [0.1, 0.15) is 17.4 Å². The molecule has 0 saturated carbocycles. The van der Waals surface area contributed by atoms with Crippen LogP contribution in [0, 0.1) is 17.6 Å². The van der Waals surface area contributed by atoms with Crippen LogP contribution >= 0.6 is 0 Å². The summed E-state index contributed by atoms with van der Waals surface area (Å²) in [6.45, 7) is 1.45. The predicted molar refractivity (Wildman–Crippen MR) is 82.0 cm³/mol. The van der Waals surface area contributed by atoms with Crippen LogP contribution < -0.4 is 5.32 Å². The molecule has 0 aliphatic rings. The highest BCUT2D eigenvalue weighted by Crippen LogP contribution is 2.22. The summed E-state index contributed by atoms with van der Waals surface area (Å²) in [5.41, 5.74) is 0.503. The minimum Gasteiger partial charge on any atom is -0.508 e. The van der Waals surface area contributed by atoms with E-state index in [4.69, 9.17) is 0 Å². The van der Waals surface area contributed by atoms with E-state index in [1.54, 1.807) is 0 Å². The van der Waals surface area contributed by atoms with Gasteiger partial charge in [0.25, 0.3) is 0 Å². The summed E-state index contributed by atoms with van der Waals surface area (Å²) in [6, 6.07) is 8.85. The maximum Gasteiger partial charge on any atom is 0.230 e. The monoisotopic (exact) mass is 321 g/mol. The Hall–Kier alpha value is -2.47. The number of aliphatic hydroxyl groups is 1. The van der Waals surface area contributed by atoms with Crippen molar-refractivity contribution in [3.63, 3.8) is 0 Å². The van der Waals surface area contributed by atoms with E-state index in [9.17, 15) is 23.8 Å². The van der Waals surface area contributed by atoms with E-state index in [2.05, 4.69) is 5.32 Å². The van der Waals surface area contributed by atoms with Crippen LogP contribution in [0.5, 0.6) is 5.75 Å². The van der Waals surface area contributed by atoms with E-state index >= 15 is 0 Å². The van der Waals surface area contributed by atoms with E-state index in [1.807, 2.05) is 0 Å². The number of carbonyl (C=O) groups is 1. The molecule has 0 aromatic heterocycles. The van der Waals surface area contributed by atoms with Crippen molar-refractivity contribution in [3.05, 3.63) is 59.7 Å². The normalized spacial score (nSPS) is 13.4. The van der Waals surface area contributed by atoms with Crippen molar-refractivity contribution in [1.82, 2.24) is 0 Å². The van der Waals surface area contributed by atoms with Gasteiger partial charge in [-0.1, -0.05) is 12.1 Å². The number of hydrogen-bond donors (Lipinski definition) is 3. The first-order chi connectivity index (χ1) is 10.9. The molecule has 2 rings (SSSR count). The minimum atomic E-state index is -0.986. The lowest BCUT2D eigenvalue weighted by Crippen LogP contribution is -2.33. The summed E-state index contributed by atoms with van der Waals surface area (Å²) >= 11 is 0. The molecule has 2 aromatic carbocycles. The lowest BCUT2D eigenvalue weighted by molar-refractivity contribution is -0.122. The minimum absolute atomic E-state index is 0.167. The van der Waals surface area contributed by atoms with Crippen LogP contribution in [0.3, 0.4) is 0 Å². The highest BCUT2D eigenvalue weighted by molar-refractivity contribution is 5.93. The number of aliphatic hydroxyl groups excluding tert-OH is 1. The molecular weight excluding hydrogens is 304 g/mol. The molecule has 0 fully saturated rings. The van der Waals surface area contributed by atoms with Gasteiger partial charge in [-0.2, -0.15) is 0 Å². The quantitative estimate of drug-likeness (QED) is 0.793. The first-order valence-electron chi connectivity index (χ1n) is 7.08. The van der Waals surface area contributed by atoms with Gasteiger partial charge in [0.15, 0.2) is 0 Å². The van der Waals surface area contributed by atoms with Crippen LogP contribution in [0.15, 0.2) is 42.5 Å². The van der Waals surface area contributed by atoms with Crippen LogP contribution in [0.2, 0.25) is 0 Å². The fourth-order valence-corrected chi connectivity index (χ4v) is 2.19. The number of phenols is 1. The van der Waals surface area contributed by atoms with Gasteiger partial charge in [0.2, 0.25) is 5.91 Å². The molecule has 0 aliphatic carbocycles. The molecule has 4 nitrogen and oxygen atoms in total. The molecule has 2 aromatic rings. The van der Waals surface area contributed by atoms with Crippen LogP contribution in [0.4, 0.5) is 14.5 Å². The van der Waals surface area contributed by atoms with Gasteiger partial charge < -0.3 is 15.5 Å². The zero-order valence-electron chi connectivity index (χ0n) is 12.5. The Morgan fingerprint density at radius 2 is 1.83 bits per heavy atom. The first-order valence-corrected chi connectivity index (χ1v) is 7.08. The van der Waals surface area contributed by atoms with Crippen molar-refractivity contribution in [2.24, 2.45) is 5.92 Å². The summed E-state index contributed by atoms with van der Waals surface area (Å²) in [4.78, 5) is 12.3. The molecule has 0 heterocycles. The lowest BCUT2D eigenvalue weighted by atomic mass is 9.94. The number of carbonyl (C=O) groups excluding carboxylic acids is 1. The number of rotatable bonds is 5. The Balaban J connectivity index is 2.15. The third kappa shape index (κ3) is 4.50. The zero-order valence-corrected chi connectivity index (χ0v) is 12.5. The van der Waals surface area contributed by atoms with Crippen molar-refractivity contribution in [2.75, 3.05) is 5.32 Å². The number of phenolic OH excluding ortho intramolecular Hbond substituents is 1. The second-order valence-corrected chi connectivity index (χ2v) is 5.33. The molecule has 0 aliphatic heterocycles. The van der Waals surface area contributed by atoms with Crippen LogP contribution in [-0.4, -0.2) is 22.2 Å². The Labute approximate surface area is 132 Å². The van der Waals surface area contributed by atoms with Crippen LogP contribution in [0.25, 0.3) is 0 Å². The number of hydrogen-bond acceptors (Lipinski definition) is 3. The number of benzene rings is 2. The average molecular weight is 321 g/mol. The number of nitrogens with one attached hydrogen (secondary N) is 1. The van der Waals surface area contributed by atoms with Crippen LogP contribution in [-0.2, 0) is 11.2 Å². The Morgan fingerprint density at radius 3 is 2.43 bits per heavy atom. The Kier molecular flexibility index (Phi) is 5.28. The van der Waals surface area contributed by atoms with E-state index < -0.39 is 29.6 Å². The summed E-state index contributed by atoms with van der Waals surface area (Å²) in [5.74, 6) is -2.71. The molecule has 2 unspecified atom stereocenters. The summed E-state index contributed by atoms with van der Waals surface area (Å²) in [6.07, 6.45) is -0.815. The largest absolute Gasteiger partial charge is 0.508 e. The number of amides is 1. The van der Waals surface area contributed by atoms with Crippen molar-refractivity contribution < 1.29 is 23.8 Å². The molecule has 6 heteroatoms. The highest BCUT2D eigenvalue weighted by Gasteiger charge is 2.25. The standard InChI is InChI=1S/C17H17F2NO3/c1-10(21)14(8-11-2-4-12(18)5-3-11)17(23)20-16-9-13(22)6-7-15(16)19/h2-7,9-10,14,21-22H,8H2,1H3,(H,20,23). The van der Waals surface area contributed by atoms with Gasteiger partial charge >= 0.3 is 0 Å². The smallest absolute Gasteiger partial charge is 0.230 e. The van der Waals surface area contributed by atoms with E-state index in [0.29, 0.717) is 5.56 Å². The summed E-state index contributed by atoms with van der Waals surface area (Å²) in [7, 11) is 0. The maximum absolute atomic E-state index is 13.6. The molecule has 0 radical (unpaired) electrons. The fraction of sp³-hybridized carbons (Fsp3) is 0.235. The molecule has 122 valence electrons. The predicted octanol–water partition coefficient (Wildman–Crippen LogP) is 2.85. The third-order valence-electron chi connectivity index (χ3n) is 3.50. The molecule has 1 amide bonds. The van der Waals surface area contributed by atoms with Gasteiger partial charge in [-0.05, 0) is 43.2 Å². The van der Waals surface area contributed by atoms with Crippen molar-refractivity contribution in [1.29, 1.82) is 0 Å². The highest BCUT2D eigenvalue weighted by atomic mass is 19.1. The molecule has 2 atom stereocenters. The Bertz CT molecular complexity index is 687. The molecular formula is C17H17F2NO3. The van der Waals surface area contributed by atoms with E-state index in [1.165, 1.54) is 31.2 Å². The molecule has 0 spiro atoms. The second-order valence-electron chi connectivity index (χ2n) is 5.33. The van der Waals surface area contributed by atoms with Gasteiger partial charge in [-0.3, -0.25) is 4.79 Å². The summed E-state index contributed by atoms with van der Waals surface area (Å²) in [5, 5.41) is 21.5. The topological polar surface area (TPSA) is 69.6 Å². The second kappa shape index (κ2) is 7.19.